The smallest absolute Gasteiger partial charge is 0.282 e. The van der Waals surface area contributed by atoms with Gasteiger partial charge in [0, 0.05) is 29.8 Å². The van der Waals surface area contributed by atoms with Crippen molar-refractivity contribution in [2.24, 2.45) is 0 Å². The van der Waals surface area contributed by atoms with Crippen molar-refractivity contribution < 1.29 is 13.2 Å². The summed E-state index contributed by atoms with van der Waals surface area (Å²) >= 11 is 3.34. The minimum atomic E-state index is -3.67. The Kier molecular flexibility index (Phi) is 6.31. The SMILES string of the molecule is Cc1cccc(CN2CCCN(CC(=O)Nc3ccc(Br)cc3)S2(=O)=O)c1. The van der Waals surface area contributed by atoms with Gasteiger partial charge in [-0.05, 0) is 43.2 Å². The zero-order chi connectivity index (χ0) is 19.4. The molecule has 0 saturated carbocycles. The Balaban J connectivity index is 1.66. The van der Waals surface area contributed by atoms with Gasteiger partial charge in [-0.2, -0.15) is 17.0 Å². The van der Waals surface area contributed by atoms with E-state index in [0.29, 0.717) is 31.7 Å². The molecule has 3 rings (SSSR count). The van der Waals surface area contributed by atoms with Crippen LogP contribution in [0.25, 0.3) is 0 Å². The highest BCUT2D eigenvalue weighted by Gasteiger charge is 2.34. The zero-order valence-corrected chi connectivity index (χ0v) is 17.5. The number of anilines is 1. The summed E-state index contributed by atoms with van der Waals surface area (Å²) in [4.78, 5) is 12.3. The summed E-state index contributed by atoms with van der Waals surface area (Å²) in [5.74, 6) is -0.349. The maximum atomic E-state index is 12.9. The zero-order valence-electron chi connectivity index (χ0n) is 15.1. The topological polar surface area (TPSA) is 69.7 Å². The molecule has 1 fully saturated rings. The van der Waals surface area contributed by atoms with E-state index in [1.165, 1.54) is 8.61 Å². The van der Waals surface area contributed by atoms with Crippen LogP contribution < -0.4 is 5.32 Å². The van der Waals surface area contributed by atoms with E-state index in [-0.39, 0.29) is 12.5 Å². The normalized spacial score (nSPS) is 17.6. The van der Waals surface area contributed by atoms with Crippen molar-refractivity contribution in [2.75, 3.05) is 25.0 Å². The molecule has 1 saturated heterocycles. The van der Waals surface area contributed by atoms with Crippen LogP contribution in [0.15, 0.2) is 53.0 Å². The molecule has 1 heterocycles. The van der Waals surface area contributed by atoms with Crippen LogP contribution in [0.1, 0.15) is 17.5 Å². The molecule has 0 unspecified atom stereocenters. The molecule has 2 aromatic carbocycles. The van der Waals surface area contributed by atoms with E-state index in [2.05, 4.69) is 21.2 Å². The Morgan fingerprint density at radius 3 is 2.52 bits per heavy atom. The Bertz CT molecular complexity index is 916. The van der Waals surface area contributed by atoms with Gasteiger partial charge in [-0.15, -0.1) is 0 Å². The minimum absolute atomic E-state index is 0.192. The van der Waals surface area contributed by atoms with Crippen molar-refractivity contribution >= 4 is 37.7 Å². The number of carbonyl (C=O) groups is 1. The maximum Gasteiger partial charge on any atom is 0.282 e. The van der Waals surface area contributed by atoms with Crippen LogP contribution >= 0.6 is 15.9 Å². The number of nitrogens with one attached hydrogen (secondary N) is 1. The number of rotatable bonds is 5. The van der Waals surface area contributed by atoms with Crippen LogP contribution in [-0.2, 0) is 21.5 Å². The van der Waals surface area contributed by atoms with Gasteiger partial charge in [0.2, 0.25) is 5.91 Å². The molecule has 8 heteroatoms. The average Bonchev–Trinajstić information content (AvgIpc) is 2.61. The van der Waals surface area contributed by atoms with Crippen molar-refractivity contribution in [3.63, 3.8) is 0 Å². The number of hydrogen-bond donors (Lipinski definition) is 1. The van der Waals surface area contributed by atoms with Gasteiger partial charge in [0.05, 0.1) is 6.54 Å². The number of aryl methyl sites for hydroxylation is 1. The third-order valence-corrected chi connectivity index (χ3v) is 6.81. The van der Waals surface area contributed by atoms with Gasteiger partial charge >= 0.3 is 0 Å². The van der Waals surface area contributed by atoms with Gasteiger partial charge in [-0.3, -0.25) is 4.79 Å². The highest BCUT2D eigenvalue weighted by Crippen LogP contribution is 2.20. The molecule has 1 aliphatic heterocycles. The van der Waals surface area contributed by atoms with E-state index >= 15 is 0 Å². The Hall–Kier alpha value is -1.74. The van der Waals surface area contributed by atoms with Crippen molar-refractivity contribution in [3.8, 4) is 0 Å². The van der Waals surface area contributed by atoms with Crippen molar-refractivity contribution in [3.05, 3.63) is 64.1 Å². The van der Waals surface area contributed by atoms with Gasteiger partial charge in [-0.1, -0.05) is 45.8 Å². The predicted molar refractivity (Wildman–Crippen MR) is 109 cm³/mol. The lowest BCUT2D eigenvalue weighted by atomic mass is 10.1. The lowest BCUT2D eigenvalue weighted by molar-refractivity contribution is -0.116. The number of amides is 1. The second-order valence-electron chi connectivity index (χ2n) is 6.57. The van der Waals surface area contributed by atoms with Gasteiger partial charge in [-0.25, -0.2) is 0 Å². The molecule has 0 aliphatic carbocycles. The van der Waals surface area contributed by atoms with Crippen molar-refractivity contribution in [2.45, 2.75) is 19.9 Å². The largest absolute Gasteiger partial charge is 0.325 e. The van der Waals surface area contributed by atoms with E-state index in [0.717, 1.165) is 15.6 Å². The molecule has 0 spiro atoms. The summed E-state index contributed by atoms with van der Waals surface area (Å²) in [6, 6.07) is 15.0. The molecule has 2 aromatic rings. The maximum absolute atomic E-state index is 12.9. The summed E-state index contributed by atoms with van der Waals surface area (Å²) in [6.07, 6.45) is 0.691. The first-order valence-corrected chi connectivity index (χ1v) is 10.9. The summed E-state index contributed by atoms with van der Waals surface area (Å²) in [6.45, 7) is 2.91. The van der Waals surface area contributed by atoms with E-state index in [9.17, 15) is 13.2 Å². The average molecular weight is 452 g/mol. The van der Waals surface area contributed by atoms with Gasteiger partial charge < -0.3 is 5.32 Å². The Morgan fingerprint density at radius 1 is 1.11 bits per heavy atom. The highest BCUT2D eigenvalue weighted by molar-refractivity contribution is 9.10. The van der Waals surface area contributed by atoms with Gasteiger partial charge in [0.15, 0.2) is 0 Å². The molecular formula is C19H22BrN3O3S. The molecular weight excluding hydrogens is 430 g/mol. The summed E-state index contributed by atoms with van der Waals surface area (Å²) in [7, 11) is -3.67. The molecule has 0 bridgehead atoms. The molecule has 144 valence electrons. The summed E-state index contributed by atoms with van der Waals surface area (Å²) < 4.78 is 29.4. The van der Waals surface area contributed by atoms with E-state index in [1.807, 2.05) is 43.3 Å². The van der Waals surface area contributed by atoms with Gasteiger partial charge in [0.1, 0.15) is 0 Å². The van der Waals surface area contributed by atoms with Crippen LogP contribution in [-0.4, -0.2) is 42.6 Å². The third kappa shape index (κ3) is 5.16. The summed E-state index contributed by atoms with van der Waals surface area (Å²) in [5, 5.41) is 2.74. The number of halogens is 1. The van der Waals surface area contributed by atoms with E-state index in [4.69, 9.17) is 0 Å². The van der Waals surface area contributed by atoms with Crippen LogP contribution in [0.4, 0.5) is 5.69 Å². The highest BCUT2D eigenvalue weighted by atomic mass is 79.9. The Morgan fingerprint density at radius 2 is 1.81 bits per heavy atom. The molecule has 1 aliphatic rings. The first-order valence-electron chi connectivity index (χ1n) is 8.71. The fourth-order valence-electron chi connectivity index (χ4n) is 3.05. The lowest BCUT2D eigenvalue weighted by Gasteiger charge is -2.34. The summed E-state index contributed by atoms with van der Waals surface area (Å²) in [5.41, 5.74) is 2.67. The molecule has 6 nitrogen and oxygen atoms in total. The third-order valence-electron chi connectivity index (χ3n) is 4.36. The molecule has 0 atom stereocenters. The van der Waals surface area contributed by atoms with E-state index in [1.54, 1.807) is 12.1 Å². The fourth-order valence-corrected chi connectivity index (χ4v) is 4.95. The number of nitrogens with zero attached hydrogens (tertiary/aromatic N) is 2. The van der Waals surface area contributed by atoms with E-state index < -0.39 is 10.2 Å². The quantitative estimate of drug-likeness (QED) is 0.758. The lowest BCUT2D eigenvalue weighted by Crippen LogP contribution is -2.51. The van der Waals surface area contributed by atoms with Crippen LogP contribution in [0.2, 0.25) is 0 Å². The number of carbonyl (C=O) groups excluding carboxylic acids is 1. The second kappa shape index (κ2) is 8.52. The first-order chi connectivity index (χ1) is 12.8. The van der Waals surface area contributed by atoms with Crippen LogP contribution in [0, 0.1) is 6.92 Å². The van der Waals surface area contributed by atoms with Crippen molar-refractivity contribution in [1.82, 2.24) is 8.61 Å². The standard InChI is InChI=1S/C19H22BrN3O3S/c1-15-4-2-5-16(12-15)13-22-10-3-11-23(27(22,25)26)14-19(24)21-18-8-6-17(20)7-9-18/h2,4-9,12H,3,10-11,13-14H2,1H3,(H,21,24). The molecule has 1 N–H and O–H groups in total. The molecule has 27 heavy (non-hydrogen) atoms. The first kappa shape index (κ1) is 20.0. The monoisotopic (exact) mass is 451 g/mol. The number of benzene rings is 2. The van der Waals surface area contributed by atoms with Crippen molar-refractivity contribution in [1.29, 1.82) is 0 Å². The predicted octanol–water partition coefficient (Wildman–Crippen LogP) is 3.15. The van der Waals surface area contributed by atoms with Crippen LogP contribution in [0.5, 0.6) is 0 Å². The number of hydrogen-bond acceptors (Lipinski definition) is 3. The second-order valence-corrected chi connectivity index (χ2v) is 9.42. The molecule has 1 amide bonds. The van der Waals surface area contributed by atoms with Gasteiger partial charge in [0.25, 0.3) is 10.2 Å². The van der Waals surface area contributed by atoms with Crippen LogP contribution in [0.3, 0.4) is 0 Å². The fraction of sp³-hybridized carbons (Fsp3) is 0.316. The minimum Gasteiger partial charge on any atom is -0.325 e. The molecule has 0 aromatic heterocycles. The Labute approximate surface area is 168 Å². The molecule has 0 radical (unpaired) electrons.